The molecule has 2 atom stereocenters. The van der Waals surface area contributed by atoms with Crippen LogP contribution >= 0.6 is 11.6 Å². The lowest BCUT2D eigenvalue weighted by Gasteiger charge is -2.38. The van der Waals surface area contributed by atoms with E-state index in [0.29, 0.717) is 11.4 Å². The van der Waals surface area contributed by atoms with Crippen LogP contribution in [0, 0.1) is 11.6 Å². The quantitative estimate of drug-likeness (QED) is 0.542. The van der Waals surface area contributed by atoms with E-state index in [1.165, 1.54) is 24.3 Å². The predicted molar refractivity (Wildman–Crippen MR) is 103 cm³/mol. The molecule has 3 nitrogen and oxygen atoms in total. The molecule has 3 aromatic rings. The van der Waals surface area contributed by atoms with Crippen LogP contribution in [0.2, 0.25) is 5.02 Å². The van der Waals surface area contributed by atoms with Crippen LogP contribution in [0.4, 0.5) is 8.78 Å². The first-order chi connectivity index (χ1) is 13.6. The molecule has 0 unspecified atom stereocenters. The third-order valence-electron chi connectivity index (χ3n) is 5.08. The van der Waals surface area contributed by atoms with Crippen molar-refractivity contribution in [3.63, 3.8) is 0 Å². The molecule has 2 heterocycles. The first-order valence-electron chi connectivity index (χ1n) is 8.92. The summed E-state index contributed by atoms with van der Waals surface area (Å²) in [5.41, 5.74) is 3.45. The summed E-state index contributed by atoms with van der Waals surface area (Å²) >= 11 is 6.21. The van der Waals surface area contributed by atoms with Crippen molar-refractivity contribution in [1.29, 1.82) is 0 Å². The molecule has 6 heteroatoms. The molecule has 0 aliphatic carbocycles. The molecule has 0 fully saturated rings. The lowest BCUT2D eigenvalue weighted by molar-refractivity contribution is -0.0190. The molecule has 140 valence electrons. The monoisotopic (exact) mass is 396 g/mol. The van der Waals surface area contributed by atoms with E-state index in [0.717, 1.165) is 28.2 Å². The standard InChI is InChI=1S/C22H15ClF2N2O/c23-15-5-10-21-18(11-15)20-12-19(13-1-6-16(24)7-2-13)26-27(20)22(28-21)14-3-8-17(25)9-4-14/h1-11,20,22H,12H2/t20-,22+/m0/s1. The zero-order chi connectivity index (χ0) is 19.3. The van der Waals surface area contributed by atoms with Gasteiger partial charge in [0, 0.05) is 22.6 Å². The van der Waals surface area contributed by atoms with Gasteiger partial charge >= 0.3 is 0 Å². The van der Waals surface area contributed by atoms with Gasteiger partial charge in [0.2, 0.25) is 6.23 Å². The van der Waals surface area contributed by atoms with Crippen LogP contribution in [0.25, 0.3) is 0 Å². The molecular weight excluding hydrogens is 382 g/mol. The Morgan fingerprint density at radius 2 is 1.61 bits per heavy atom. The first kappa shape index (κ1) is 17.2. The molecule has 2 aliphatic rings. The second kappa shape index (κ2) is 6.60. The molecule has 28 heavy (non-hydrogen) atoms. The Morgan fingerprint density at radius 3 is 2.32 bits per heavy atom. The van der Waals surface area contributed by atoms with E-state index in [2.05, 4.69) is 0 Å². The molecule has 5 rings (SSSR count). The maximum absolute atomic E-state index is 13.4. The molecule has 2 aliphatic heterocycles. The third-order valence-corrected chi connectivity index (χ3v) is 5.32. The van der Waals surface area contributed by atoms with Crippen molar-refractivity contribution >= 4 is 17.3 Å². The number of fused-ring (bicyclic) bond motifs is 3. The molecule has 0 saturated carbocycles. The van der Waals surface area contributed by atoms with Crippen molar-refractivity contribution in [1.82, 2.24) is 5.01 Å². The second-order valence-electron chi connectivity index (χ2n) is 6.86. The molecule has 0 saturated heterocycles. The van der Waals surface area contributed by atoms with Gasteiger partial charge in [-0.2, -0.15) is 5.10 Å². The number of hydrazone groups is 1. The average Bonchev–Trinajstić information content (AvgIpc) is 3.14. The number of benzene rings is 3. The van der Waals surface area contributed by atoms with Gasteiger partial charge in [-0.05, 0) is 48.0 Å². The van der Waals surface area contributed by atoms with Crippen molar-refractivity contribution < 1.29 is 13.5 Å². The van der Waals surface area contributed by atoms with Gasteiger partial charge in [0.25, 0.3) is 0 Å². The summed E-state index contributed by atoms with van der Waals surface area (Å²) in [6.45, 7) is 0. The Labute approximate surface area is 165 Å². The molecule has 0 aromatic heterocycles. The minimum Gasteiger partial charge on any atom is -0.464 e. The van der Waals surface area contributed by atoms with E-state index >= 15 is 0 Å². The highest BCUT2D eigenvalue weighted by Crippen LogP contribution is 2.48. The summed E-state index contributed by atoms with van der Waals surface area (Å²) in [6, 6.07) is 18.0. The minimum atomic E-state index is -0.489. The zero-order valence-electron chi connectivity index (χ0n) is 14.6. The van der Waals surface area contributed by atoms with Crippen molar-refractivity contribution in [3.05, 3.63) is 100 Å². The smallest absolute Gasteiger partial charge is 0.213 e. The van der Waals surface area contributed by atoms with Crippen LogP contribution in [0.15, 0.2) is 71.8 Å². The second-order valence-corrected chi connectivity index (χ2v) is 7.29. The number of ether oxygens (including phenoxy) is 1. The van der Waals surface area contributed by atoms with Gasteiger partial charge in [-0.1, -0.05) is 35.9 Å². The van der Waals surface area contributed by atoms with Gasteiger partial charge in [0.05, 0.1) is 11.8 Å². The zero-order valence-corrected chi connectivity index (χ0v) is 15.4. The van der Waals surface area contributed by atoms with E-state index in [-0.39, 0.29) is 17.7 Å². The Bertz CT molecular complexity index is 1070. The Kier molecular flexibility index (Phi) is 4.05. The van der Waals surface area contributed by atoms with E-state index in [4.69, 9.17) is 21.4 Å². The predicted octanol–water partition coefficient (Wildman–Crippen LogP) is 5.86. The Balaban J connectivity index is 1.59. The number of rotatable bonds is 2. The number of nitrogens with zero attached hydrogens (tertiary/aromatic N) is 2. The van der Waals surface area contributed by atoms with E-state index in [9.17, 15) is 8.78 Å². The lowest BCUT2D eigenvalue weighted by Crippen LogP contribution is -2.33. The van der Waals surface area contributed by atoms with Crippen LogP contribution in [0.3, 0.4) is 0 Å². The average molecular weight is 397 g/mol. The summed E-state index contributed by atoms with van der Waals surface area (Å²) < 4.78 is 32.9. The fourth-order valence-electron chi connectivity index (χ4n) is 3.72. The minimum absolute atomic E-state index is 0.0717. The molecule has 0 spiro atoms. The summed E-state index contributed by atoms with van der Waals surface area (Å²) in [6.07, 6.45) is 0.150. The first-order valence-corrected chi connectivity index (χ1v) is 9.29. The highest BCUT2D eigenvalue weighted by Gasteiger charge is 2.41. The van der Waals surface area contributed by atoms with Crippen molar-refractivity contribution in [2.75, 3.05) is 0 Å². The van der Waals surface area contributed by atoms with Crippen LogP contribution < -0.4 is 4.74 Å². The van der Waals surface area contributed by atoms with E-state index in [1.807, 2.05) is 17.1 Å². The maximum Gasteiger partial charge on any atom is 0.213 e. The normalized spacial score (nSPS) is 20.2. The van der Waals surface area contributed by atoms with Gasteiger partial charge in [0.15, 0.2) is 0 Å². The maximum atomic E-state index is 13.4. The molecule has 0 N–H and O–H groups in total. The summed E-state index contributed by atoms with van der Waals surface area (Å²) in [4.78, 5) is 0. The van der Waals surface area contributed by atoms with Gasteiger partial charge < -0.3 is 4.74 Å². The summed E-state index contributed by atoms with van der Waals surface area (Å²) in [5.74, 6) is 0.139. The van der Waals surface area contributed by atoms with Crippen LogP contribution in [-0.4, -0.2) is 10.7 Å². The molecule has 0 bridgehead atoms. The van der Waals surface area contributed by atoms with Crippen molar-refractivity contribution in [3.8, 4) is 5.75 Å². The van der Waals surface area contributed by atoms with Gasteiger partial charge in [-0.3, -0.25) is 0 Å². The fraction of sp³-hybridized carbons (Fsp3) is 0.136. The fourth-order valence-corrected chi connectivity index (χ4v) is 3.90. The van der Waals surface area contributed by atoms with Gasteiger partial charge in [-0.25, -0.2) is 13.8 Å². The summed E-state index contributed by atoms with van der Waals surface area (Å²) in [5, 5.41) is 7.29. The van der Waals surface area contributed by atoms with Gasteiger partial charge in [0.1, 0.15) is 17.4 Å². The topological polar surface area (TPSA) is 24.8 Å². The largest absolute Gasteiger partial charge is 0.464 e. The van der Waals surface area contributed by atoms with E-state index < -0.39 is 6.23 Å². The number of hydrogen-bond donors (Lipinski definition) is 0. The molecular formula is C22H15ClF2N2O. The highest BCUT2D eigenvalue weighted by molar-refractivity contribution is 6.30. The summed E-state index contributed by atoms with van der Waals surface area (Å²) in [7, 11) is 0. The van der Waals surface area contributed by atoms with Crippen molar-refractivity contribution in [2.45, 2.75) is 18.7 Å². The Morgan fingerprint density at radius 1 is 0.929 bits per heavy atom. The van der Waals surface area contributed by atoms with Crippen LogP contribution in [0.1, 0.15) is 35.4 Å². The number of hydrogen-bond acceptors (Lipinski definition) is 3. The van der Waals surface area contributed by atoms with Crippen molar-refractivity contribution in [2.24, 2.45) is 5.10 Å². The lowest BCUT2D eigenvalue weighted by atomic mass is 9.96. The third kappa shape index (κ3) is 2.92. The molecule has 0 amide bonds. The van der Waals surface area contributed by atoms with Crippen LogP contribution in [0.5, 0.6) is 5.75 Å². The molecule has 0 radical (unpaired) electrons. The highest BCUT2D eigenvalue weighted by atomic mass is 35.5. The SMILES string of the molecule is Fc1ccc(C2=NN3[C@@H](c4ccc(F)cc4)Oc4ccc(Cl)cc4[C@@H]3C2)cc1. The van der Waals surface area contributed by atoms with E-state index in [1.54, 1.807) is 30.3 Å². The van der Waals surface area contributed by atoms with Crippen LogP contribution in [-0.2, 0) is 0 Å². The number of halogens is 3. The molecule has 3 aromatic carbocycles. The van der Waals surface area contributed by atoms with Gasteiger partial charge in [-0.15, -0.1) is 0 Å². The Hall–Kier alpha value is -2.92.